The van der Waals surface area contributed by atoms with Gasteiger partial charge in [0.1, 0.15) is 0 Å². The second-order valence-corrected chi connectivity index (χ2v) is 4.11. The highest BCUT2D eigenvalue weighted by Gasteiger charge is 2.11. The minimum atomic E-state index is -0.145. The second-order valence-electron chi connectivity index (χ2n) is 4.11. The third-order valence-electron chi connectivity index (χ3n) is 2.40. The summed E-state index contributed by atoms with van der Waals surface area (Å²) < 4.78 is 0. The Hall–Kier alpha value is -1.83. The van der Waals surface area contributed by atoms with Gasteiger partial charge in [0.25, 0.3) is 5.91 Å². The molecule has 0 spiro atoms. The van der Waals surface area contributed by atoms with Gasteiger partial charge in [-0.05, 0) is 24.1 Å². The maximum absolute atomic E-state index is 11.8. The van der Waals surface area contributed by atoms with Crippen LogP contribution in [0.5, 0.6) is 0 Å². The molecule has 0 heterocycles. The van der Waals surface area contributed by atoms with E-state index in [0.29, 0.717) is 11.5 Å². The molecule has 0 aliphatic carbocycles. The normalized spacial score (nSPS) is 11.7. The summed E-state index contributed by atoms with van der Waals surface area (Å²) in [7, 11) is 0. The lowest BCUT2D eigenvalue weighted by atomic mass is 10.1. The molecule has 0 fully saturated rings. The summed E-state index contributed by atoms with van der Waals surface area (Å²) in [6.07, 6.45) is 1.80. The smallest absolute Gasteiger partial charge is 0.265 e. The van der Waals surface area contributed by atoms with Gasteiger partial charge in [-0.25, -0.2) is 5.43 Å². The Morgan fingerprint density at radius 1 is 1.35 bits per heavy atom. The molecule has 90 valence electrons. The standard InChI is InChI=1S/C14H18N2O/c1-4-8-13(11(2)3)15-16-14(17)12-9-6-5-7-10-12/h5-11,13,15H,1H2,2-3H3,(H,16,17). The van der Waals surface area contributed by atoms with Crippen LogP contribution >= 0.6 is 0 Å². The molecule has 0 aliphatic heterocycles. The van der Waals surface area contributed by atoms with Crippen LogP contribution < -0.4 is 10.9 Å². The van der Waals surface area contributed by atoms with Gasteiger partial charge in [0.2, 0.25) is 0 Å². The largest absolute Gasteiger partial charge is 0.287 e. The SMILES string of the molecule is C=C=CC(NNC(=O)c1ccccc1)C(C)C. The quantitative estimate of drug-likeness (QED) is 0.602. The van der Waals surface area contributed by atoms with Gasteiger partial charge in [0.05, 0.1) is 6.04 Å². The van der Waals surface area contributed by atoms with E-state index in [4.69, 9.17) is 0 Å². The number of benzene rings is 1. The van der Waals surface area contributed by atoms with Crippen molar-refractivity contribution in [3.05, 3.63) is 54.3 Å². The molecule has 0 bridgehead atoms. The van der Waals surface area contributed by atoms with Crippen molar-refractivity contribution in [3.63, 3.8) is 0 Å². The second kappa shape index (κ2) is 6.69. The van der Waals surface area contributed by atoms with Crippen LogP contribution in [0.4, 0.5) is 0 Å². The molecule has 0 saturated heterocycles. The van der Waals surface area contributed by atoms with E-state index < -0.39 is 0 Å². The van der Waals surface area contributed by atoms with Gasteiger partial charge >= 0.3 is 0 Å². The van der Waals surface area contributed by atoms with Crippen LogP contribution in [0.1, 0.15) is 24.2 Å². The fourth-order valence-electron chi connectivity index (χ4n) is 1.34. The molecule has 3 nitrogen and oxygen atoms in total. The van der Waals surface area contributed by atoms with Crippen LogP contribution in [-0.4, -0.2) is 11.9 Å². The summed E-state index contributed by atoms with van der Waals surface area (Å²) in [6.45, 7) is 7.65. The maximum atomic E-state index is 11.8. The van der Waals surface area contributed by atoms with Gasteiger partial charge in [-0.2, -0.15) is 0 Å². The van der Waals surface area contributed by atoms with Gasteiger partial charge in [-0.3, -0.25) is 10.2 Å². The highest BCUT2D eigenvalue weighted by Crippen LogP contribution is 2.02. The average Bonchev–Trinajstić information content (AvgIpc) is 2.34. The lowest BCUT2D eigenvalue weighted by Crippen LogP contribution is -2.45. The fraction of sp³-hybridized carbons (Fsp3) is 0.286. The van der Waals surface area contributed by atoms with Crippen molar-refractivity contribution in [2.45, 2.75) is 19.9 Å². The zero-order valence-corrected chi connectivity index (χ0v) is 10.2. The van der Waals surface area contributed by atoms with E-state index in [-0.39, 0.29) is 11.9 Å². The number of hydrogen-bond acceptors (Lipinski definition) is 2. The van der Waals surface area contributed by atoms with Gasteiger partial charge < -0.3 is 0 Å². The van der Waals surface area contributed by atoms with E-state index in [1.54, 1.807) is 18.2 Å². The van der Waals surface area contributed by atoms with Gasteiger partial charge in [-0.15, -0.1) is 5.73 Å². The van der Waals surface area contributed by atoms with Crippen molar-refractivity contribution in [2.75, 3.05) is 0 Å². The molecule has 1 aromatic carbocycles. The summed E-state index contributed by atoms with van der Waals surface area (Å²) in [5.41, 5.74) is 8.99. The summed E-state index contributed by atoms with van der Waals surface area (Å²) in [5, 5.41) is 0. The Labute approximate surface area is 102 Å². The fourth-order valence-corrected chi connectivity index (χ4v) is 1.34. The summed E-state index contributed by atoms with van der Waals surface area (Å²) in [5.74, 6) is 0.203. The lowest BCUT2D eigenvalue weighted by Gasteiger charge is -2.18. The van der Waals surface area contributed by atoms with Crippen LogP contribution in [0.25, 0.3) is 0 Å². The molecule has 0 aliphatic rings. The number of nitrogens with one attached hydrogen (secondary N) is 2. The van der Waals surface area contributed by atoms with Crippen LogP contribution in [-0.2, 0) is 0 Å². The minimum absolute atomic E-state index is 0.0279. The minimum Gasteiger partial charge on any atom is -0.287 e. The molecular formula is C14H18N2O. The topological polar surface area (TPSA) is 41.1 Å². The molecule has 17 heavy (non-hydrogen) atoms. The van der Waals surface area contributed by atoms with E-state index in [1.807, 2.05) is 18.2 Å². The van der Waals surface area contributed by atoms with E-state index in [2.05, 4.69) is 37.0 Å². The van der Waals surface area contributed by atoms with Crippen molar-refractivity contribution in [1.29, 1.82) is 0 Å². The Morgan fingerprint density at radius 3 is 2.53 bits per heavy atom. The van der Waals surface area contributed by atoms with E-state index in [9.17, 15) is 4.79 Å². The van der Waals surface area contributed by atoms with Gasteiger partial charge in [0, 0.05) is 5.56 Å². The molecule has 0 saturated carbocycles. The molecule has 1 atom stereocenters. The highest BCUT2D eigenvalue weighted by atomic mass is 16.2. The Bertz CT molecular complexity index is 405. The maximum Gasteiger partial charge on any atom is 0.265 e. The third-order valence-corrected chi connectivity index (χ3v) is 2.40. The first-order valence-electron chi connectivity index (χ1n) is 5.62. The highest BCUT2D eigenvalue weighted by molar-refractivity contribution is 5.93. The van der Waals surface area contributed by atoms with Crippen molar-refractivity contribution >= 4 is 5.91 Å². The molecule has 2 N–H and O–H groups in total. The van der Waals surface area contributed by atoms with Gasteiger partial charge in [-0.1, -0.05) is 38.6 Å². The van der Waals surface area contributed by atoms with Crippen molar-refractivity contribution in [1.82, 2.24) is 10.9 Å². The first kappa shape index (κ1) is 13.2. The zero-order chi connectivity index (χ0) is 12.7. The van der Waals surface area contributed by atoms with Crippen molar-refractivity contribution < 1.29 is 4.79 Å². The van der Waals surface area contributed by atoms with Crippen molar-refractivity contribution in [2.24, 2.45) is 5.92 Å². The number of hydrazine groups is 1. The molecule has 0 radical (unpaired) electrons. The van der Waals surface area contributed by atoms with Gasteiger partial charge in [0.15, 0.2) is 0 Å². The number of carbonyl (C=O) groups excluding carboxylic acids is 1. The van der Waals surface area contributed by atoms with Crippen LogP contribution in [0, 0.1) is 5.92 Å². The molecule has 1 rings (SSSR count). The first-order chi connectivity index (χ1) is 8.15. The monoisotopic (exact) mass is 230 g/mol. The Kier molecular flexibility index (Phi) is 5.21. The number of carbonyl (C=O) groups is 1. The number of rotatable bonds is 5. The van der Waals surface area contributed by atoms with Crippen LogP contribution in [0.3, 0.4) is 0 Å². The Balaban J connectivity index is 2.55. The number of amides is 1. The third kappa shape index (κ3) is 4.27. The summed E-state index contributed by atoms with van der Waals surface area (Å²) in [6, 6.07) is 9.11. The molecule has 1 unspecified atom stereocenters. The molecule has 0 aromatic heterocycles. The summed E-state index contributed by atoms with van der Waals surface area (Å²) in [4.78, 5) is 11.8. The Morgan fingerprint density at radius 2 is 2.00 bits per heavy atom. The summed E-state index contributed by atoms with van der Waals surface area (Å²) >= 11 is 0. The average molecular weight is 230 g/mol. The molecule has 3 heteroatoms. The van der Waals surface area contributed by atoms with Crippen molar-refractivity contribution in [3.8, 4) is 0 Å². The van der Waals surface area contributed by atoms with Crippen LogP contribution in [0.15, 0.2) is 48.7 Å². The van der Waals surface area contributed by atoms with E-state index in [1.165, 1.54) is 0 Å². The van der Waals surface area contributed by atoms with Crippen LogP contribution in [0.2, 0.25) is 0 Å². The predicted octanol–water partition coefficient (Wildman–Crippen LogP) is 2.29. The van der Waals surface area contributed by atoms with E-state index in [0.717, 1.165) is 0 Å². The van der Waals surface area contributed by atoms with E-state index >= 15 is 0 Å². The lowest BCUT2D eigenvalue weighted by molar-refractivity contribution is 0.0925. The molecule has 1 aromatic rings. The predicted molar refractivity (Wildman–Crippen MR) is 69.4 cm³/mol. The molecular weight excluding hydrogens is 212 g/mol. The first-order valence-corrected chi connectivity index (χ1v) is 5.62. The number of hydrogen-bond donors (Lipinski definition) is 2. The molecule has 1 amide bonds. The zero-order valence-electron chi connectivity index (χ0n) is 10.2.